The van der Waals surface area contributed by atoms with E-state index in [1.54, 1.807) is 7.05 Å². The molecule has 0 saturated carbocycles. The van der Waals surface area contributed by atoms with Gasteiger partial charge in [0.15, 0.2) is 0 Å². The smallest absolute Gasteiger partial charge is 0.322 e. The Morgan fingerprint density at radius 1 is 1.36 bits per heavy atom. The van der Waals surface area contributed by atoms with Crippen LogP contribution in [0.15, 0.2) is 0 Å². The minimum absolute atomic E-state index is 0.0229. The average Bonchev–Trinajstić information content (AvgIpc) is 2.13. The molecule has 0 saturated heterocycles. The van der Waals surface area contributed by atoms with E-state index in [-0.39, 0.29) is 17.6 Å². The Balaban J connectivity index is 3.64. The van der Waals surface area contributed by atoms with E-state index >= 15 is 0 Å². The summed E-state index contributed by atoms with van der Waals surface area (Å²) in [5.74, 6) is 0. The first-order chi connectivity index (χ1) is 6.47. The molecule has 0 aromatic carbocycles. The predicted octanol–water partition coefficient (Wildman–Crippen LogP) is 0.407. The lowest BCUT2D eigenvalue weighted by atomic mass is 10.6. The zero-order chi connectivity index (χ0) is 11.1. The van der Waals surface area contributed by atoms with Crippen molar-refractivity contribution in [3.63, 3.8) is 0 Å². The second kappa shape index (κ2) is 6.92. The van der Waals surface area contributed by atoms with Crippen molar-refractivity contribution >= 4 is 18.0 Å². The number of carbonyl (C=O) groups excluding carboxylic acids is 1. The van der Waals surface area contributed by atoms with Crippen LogP contribution in [-0.4, -0.2) is 43.6 Å². The molecule has 0 aliphatic heterocycles. The van der Waals surface area contributed by atoms with E-state index in [2.05, 4.69) is 15.4 Å². The molecule has 0 fully saturated rings. The largest absolute Gasteiger partial charge is 0.326 e. The summed E-state index contributed by atoms with van der Waals surface area (Å²) in [5, 5.41) is 5.89. The molecular formula is C8H20N4OS. The van der Waals surface area contributed by atoms with Gasteiger partial charge >= 0.3 is 6.03 Å². The van der Waals surface area contributed by atoms with Crippen molar-refractivity contribution in [1.29, 1.82) is 0 Å². The molecule has 0 bridgehead atoms. The Labute approximate surface area is 90.1 Å². The summed E-state index contributed by atoms with van der Waals surface area (Å²) in [4.78, 5) is 13.3. The quantitative estimate of drug-likeness (QED) is 0.464. The third kappa shape index (κ3) is 6.06. The second-order valence-corrected chi connectivity index (χ2v) is 4.39. The van der Waals surface area contributed by atoms with E-state index in [0.717, 1.165) is 0 Å². The number of urea groups is 1. The fourth-order valence-corrected chi connectivity index (χ4v) is 1.09. The molecule has 0 aliphatic rings. The van der Waals surface area contributed by atoms with Crippen LogP contribution in [0.2, 0.25) is 0 Å². The van der Waals surface area contributed by atoms with Gasteiger partial charge in [-0.05, 0) is 46.9 Å². The van der Waals surface area contributed by atoms with E-state index in [4.69, 9.17) is 0 Å². The fraction of sp³-hybridized carbons (Fsp3) is 0.875. The van der Waals surface area contributed by atoms with Crippen molar-refractivity contribution in [2.75, 3.05) is 21.1 Å². The van der Waals surface area contributed by atoms with Crippen LogP contribution in [0.25, 0.3) is 0 Å². The van der Waals surface area contributed by atoms with Gasteiger partial charge in [0, 0.05) is 0 Å². The summed E-state index contributed by atoms with van der Waals surface area (Å²) in [6.45, 7) is 3.89. The maximum Gasteiger partial charge on any atom is 0.326 e. The van der Waals surface area contributed by atoms with Crippen molar-refractivity contribution in [2.45, 2.75) is 25.4 Å². The average molecular weight is 220 g/mol. The van der Waals surface area contributed by atoms with E-state index in [1.807, 2.05) is 32.8 Å². The van der Waals surface area contributed by atoms with Crippen LogP contribution in [-0.2, 0) is 0 Å². The molecule has 2 unspecified atom stereocenters. The molecule has 0 aliphatic carbocycles. The molecule has 6 heteroatoms. The first-order valence-corrected chi connectivity index (χ1v) is 5.41. The van der Waals surface area contributed by atoms with Crippen LogP contribution in [0.3, 0.4) is 0 Å². The number of nitrogens with one attached hydrogen (secondary N) is 3. The molecule has 0 rings (SSSR count). The van der Waals surface area contributed by atoms with Gasteiger partial charge in [-0.3, -0.25) is 9.62 Å². The minimum Gasteiger partial charge on any atom is -0.322 e. The van der Waals surface area contributed by atoms with Crippen molar-refractivity contribution in [3.8, 4) is 0 Å². The standard InChI is InChI=1S/C8H20N4OS/c1-6(9-3)10-8(13)11-14-7(2)12(4)5/h6-7,9H,1-5H3,(H2,10,11,13). The summed E-state index contributed by atoms with van der Waals surface area (Å²) < 4.78 is 2.71. The number of hydrogen-bond acceptors (Lipinski definition) is 4. The van der Waals surface area contributed by atoms with Gasteiger partial charge in [-0.1, -0.05) is 0 Å². The zero-order valence-corrected chi connectivity index (χ0v) is 10.2. The number of amides is 2. The highest BCUT2D eigenvalue weighted by molar-refractivity contribution is 7.98. The van der Waals surface area contributed by atoms with E-state index in [0.29, 0.717) is 0 Å². The lowest BCUT2D eigenvalue weighted by molar-refractivity contribution is 0.242. The topological polar surface area (TPSA) is 56.4 Å². The van der Waals surface area contributed by atoms with Crippen LogP contribution in [0.4, 0.5) is 4.79 Å². The number of rotatable bonds is 5. The minimum atomic E-state index is -0.175. The molecule has 2 amide bonds. The molecule has 0 aromatic heterocycles. The highest BCUT2D eigenvalue weighted by atomic mass is 32.2. The first-order valence-electron chi connectivity index (χ1n) is 4.53. The van der Waals surface area contributed by atoms with Gasteiger partial charge < -0.3 is 10.6 Å². The van der Waals surface area contributed by atoms with Gasteiger partial charge in [-0.2, -0.15) is 0 Å². The highest BCUT2D eigenvalue weighted by Gasteiger charge is 2.08. The maximum absolute atomic E-state index is 11.2. The van der Waals surface area contributed by atoms with Crippen LogP contribution in [0.5, 0.6) is 0 Å². The first kappa shape index (κ1) is 13.5. The van der Waals surface area contributed by atoms with Crippen molar-refractivity contribution < 1.29 is 4.79 Å². The number of nitrogens with zero attached hydrogens (tertiary/aromatic N) is 1. The monoisotopic (exact) mass is 220 g/mol. The third-order valence-corrected chi connectivity index (χ3v) is 2.90. The SMILES string of the molecule is CNC(C)NC(=O)NSC(C)N(C)C. The van der Waals surface area contributed by atoms with Crippen LogP contribution >= 0.6 is 11.9 Å². The summed E-state index contributed by atoms with van der Waals surface area (Å²) in [6, 6.07) is -0.175. The van der Waals surface area contributed by atoms with E-state index in [9.17, 15) is 4.79 Å². The van der Waals surface area contributed by atoms with Gasteiger partial charge in [-0.25, -0.2) is 4.79 Å². The highest BCUT2D eigenvalue weighted by Crippen LogP contribution is 2.06. The molecule has 0 radical (unpaired) electrons. The molecule has 14 heavy (non-hydrogen) atoms. The maximum atomic E-state index is 11.2. The number of carbonyl (C=O) groups is 1. The van der Waals surface area contributed by atoms with Crippen molar-refractivity contribution in [1.82, 2.24) is 20.3 Å². The van der Waals surface area contributed by atoms with E-state index in [1.165, 1.54) is 11.9 Å². The second-order valence-electron chi connectivity index (χ2n) is 3.27. The Kier molecular flexibility index (Phi) is 6.69. The molecule has 3 N–H and O–H groups in total. The molecule has 0 spiro atoms. The van der Waals surface area contributed by atoms with Gasteiger partial charge in [0.05, 0.1) is 11.5 Å². The van der Waals surface area contributed by atoms with Gasteiger partial charge in [0.1, 0.15) is 0 Å². The molecule has 5 nitrogen and oxygen atoms in total. The Morgan fingerprint density at radius 2 is 1.93 bits per heavy atom. The summed E-state index contributed by atoms with van der Waals surface area (Å²) in [5.41, 5.74) is 0. The summed E-state index contributed by atoms with van der Waals surface area (Å²) in [7, 11) is 5.72. The number of hydrogen-bond donors (Lipinski definition) is 3. The van der Waals surface area contributed by atoms with Gasteiger partial charge in [0.25, 0.3) is 0 Å². The zero-order valence-electron chi connectivity index (χ0n) is 9.42. The molecule has 84 valence electrons. The lowest BCUT2D eigenvalue weighted by Gasteiger charge is -2.20. The third-order valence-electron chi connectivity index (χ3n) is 1.83. The van der Waals surface area contributed by atoms with E-state index < -0.39 is 0 Å². The van der Waals surface area contributed by atoms with Crippen LogP contribution in [0.1, 0.15) is 13.8 Å². The Morgan fingerprint density at radius 3 is 2.36 bits per heavy atom. The van der Waals surface area contributed by atoms with Crippen LogP contribution in [0, 0.1) is 0 Å². The van der Waals surface area contributed by atoms with Gasteiger partial charge in [0.2, 0.25) is 0 Å². The Bertz CT molecular complexity index is 177. The van der Waals surface area contributed by atoms with Gasteiger partial charge in [-0.15, -0.1) is 0 Å². The molecule has 0 aromatic rings. The molecule has 0 heterocycles. The fourth-order valence-electron chi connectivity index (χ4n) is 0.542. The lowest BCUT2D eigenvalue weighted by Crippen LogP contribution is -2.45. The predicted molar refractivity (Wildman–Crippen MR) is 60.9 cm³/mol. The molecular weight excluding hydrogens is 200 g/mol. The normalized spacial score (nSPS) is 15.0. The van der Waals surface area contributed by atoms with Crippen LogP contribution < -0.4 is 15.4 Å². The molecule has 2 atom stereocenters. The van der Waals surface area contributed by atoms with Crippen molar-refractivity contribution in [3.05, 3.63) is 0 Å². The summed E-state index contributed by atoms with van der Waals surface area (Å²) >= 11 is 1.38. The Hall–Kier alpha value is -0.460. The van der Waals surface area contributed by atoms with Crippen molar-refractivity contribution in [2.24, 2.45) is 0 Å². The summed E-state index contributed by atoms with van der Waals surface area (Å²) in [6.07, 6.45) is -0.0229.